The van der Waals surface area contributed by atoms with Crippen molar-refractivity contribution in [1.82, 2.24) is 4.57 Å². The van der Waals surface area contributed by atoms with Crippen molar-refractivity contribution in [1.29, 1.82) is 0 Å². The summed E-state index contributed by atoms with van der Waals surface area (Å²) in [5, 5.41) is 3.84. The first-order valence-corrected chi connectivity index (χ1v) is 15.0. The number of hydrogen-bond acceptors (Lipinski definition) is 4. The molecule has 1 aromatic heterocycles. The highest BCUT2D eigenvalue weighted by Gasteiger charge is 2.32. The summed E-state index contributed by atoms with van der Waals surface area (Å²) in [5.74, 6) is 2.39. The summed E-state index contributed by atoms with van der Waals surface area (Å²) in [5.41, 5.74) is 8.67. The van der Waals surface area contributed by atoms with E-state index in [0.717, 1.165) is 23.9 Å². The number of fused-ring (bicyclic) bond motifs is 10. The van der Waals surface area contributed by atoms with Gasteiger partial charge in [0, 0.05) is 34.8 Å². The second-order valence-electron chi connectivity index (χ2n) is 11.0. The summed E-state index contributed by atoms with van der Waals surface area (Å²) < 4.78 is 15.2. The Balaban J connectivity index is 1.25. The molecule has 5 nitrogen and oxygen atoms in total. The molecule has 5 aromatic carbocycles. The Morgan fingerprint density at radius 2 is 1.36 bits per heavy atom. The molecule has 1 aliphatic carbocycles. The maximum absolute atomic E-state index is 7.01. The third kappa shape index (κ3) is 3.10. The molecule has 0 amide bonds. The predicted octanol–water partition coefficient (Wildman–Crippen LogP) is 9.76. The minimum absolute atomic E-state index is 0.310. The molecule has 0 saturated carbocycles. The lowest BCUT2D eigenvalue weighted by molar-refractivity contribution is 0.451. The maximum Gasteiger partial charge on any atom is 0.175 e. The van der Waals surface area contributed by atoms with Gasteiger partial charge < -0.3 is 14.0 Å². The summed E-state index contributed by atoms with van der Waals surface area (Å²) in [4.78, 5) is 9.94. The predicted molar refractivity (Wildman–Crippen MR) is 167 cm³/mol. The first-order chi connectivity index (χ1) is 20.6. The highest BCUT2D eigenvalue weighted by Crippen LogP contribution is 2.52. The Labute approximate surface area is 251 Å². The zero-order valence-electron chi connectivity index (χ0n) is 22.8. The Morgan fingerprint density at radius 1 is 0.690 bits per heavy atom. The van der Waals surface area contributed by atoms with E-state index in [0.29, 0.717) is 61.1 Å². The van der Waals surface area contributed by atoms with Crippen LogP contribution in [0.3, 0.4) is 0 Å². The fraction of sp³-hybridized carbons (Fsp3) is 0.143. The minimum Gasteiger partial charge on any atom is -0.451 e. The van der Waals surface area contributed by atoms with E-state index in [4.69, 9.17) is 42.7 Å². The lowest BCUT2D eigenvalue weighted by atomic mass is 9.94. The molecule has 0 unspecified atom stereocenters. The van der Waals surface area contributed by atoms with Gasteiger partial charge in [0.05, 0.1) is 5.52 Å². The van der Waals surface area contributed by atoms with Crippen LogP contribution in [0, 0.1) is 0 Å². The quantitative estimate of drug-likeness (QED) is 0.202. The van der Waals surface area contributed by atoms with Crippen molar-refractivity contribution >= 4 is 56.4 Å². The molecule has 42 heavy (non-hydrogen) atoms. The van der Waals surface area contributed by atoms with E-state index in [1.165, 1.54) is 33.2 Å². The molecule has 0 bridgehead atoms. The van der Waals surface area contributed by atoms with Gasteiger partial charge in [-0.1, -0.05) is 72.6 Å². The highest BCUT2D eigenvalue weighted by molar-refractivity contribution is 6.35. The molecule has 0 spiro atoms. The summed E-state index contributed by atoms with van der Waals surface area (Å²) in [6.45, 7) is 5.19. The van der Waals surface area contributed by atoms with Crippen molar-refractivity contribution in [2.45, 2.75) is 32.7 Å². The lowest BCUT2D eigenvalue weighted by Gasteiger charge is -2.22. The zero-order valence-corrected chi connectivity index (χ0v) is 24.3. The first-order valence-electron chi connectivity index (χ1n) is 14.2. The number of halogens is 2. The van der Waals surface area contributed by atoms with Gasteiger partial charge in [-0.25, -0.2) is 9.98 Å². The molecule has 6 aromatic rings. The van der Waals surface area contributed by atoms with Crippen molar-refractivity contribution < 1.29 is 9.47 Å². The average molecular weight is 588 g/mol. The van der Waals surface area contributed by atoms with Crippen LogP contribution in [0.25, 0.3) is 32.9 Å². The fourth-order valence-electron chi connectivity index (χ4n) is 6.97. The Hall–Kier alpha value is -4.32. The number of ether oxygens (including phenoxy) is 2. The fourth-order valence-corrected chi connectivity index (χ4v) is 7.48. The van der Waals surface area contributed by atoms with E-state index < -0.39 is 0 Å². The number of nitrogens with zero attached hydrogens (tertiary/aromatic N) is 3. The third-order valence-electron chi connectivity index (χ3n) is 8.84. The van der Waals surface area contributed by atoms with Crippen LogP contribution in [0.2, 0.25) is 10.0 Å². The van der Waals surface area contributed by atoms with Crippen LogP contribution >= 0.6 is 23.2 Å². The van der Waals surface area contributed by atoms with Gasteiger partial charge in [-0.05, 0) is 59.9 Å². The molecular formula is C35H23Cl2N3O2. The van der Waals surface area contributed by atoms with E-state index in [1.807, 2.05) is 6.07 Å². The van der Waals surface area contributed by atoms with E-state index >= 15 is 0 Å². The summed E-state index contributed by atoms with van der Waals surface area (Å²) in [7, 11) is 0. The van der Waals surface area contributed by atoms with Crippen LogP contribution in [-0.2, 0) is 6.54 Å². The minimum atomic E-state index is 0.310. The van der Waals surface area contributed by atoms with Crippen LogP contribution in [0.1, 0.15) is 37.3 Å². The van der Waals surface area contributed by atoms with Gasteiger partial charge in [0.15, 0.2) is 23.0 Å². The molecule has 3 aliphatic rings. The van der Waals surface area contributed by atoms with E-state index in [9.17, 15) is 0 Å². The number of aromatic nitrogens is 1. The van der Waals surface area contributed by atoms with E-state index in [-0.39, 0.29) is 0 Å². The molecule has 1 atom stereocenters. The van der Waals surface area contributed by atoms with Crippen molar-refractivity contribution in [3.05, 3.63) is 105 Å². The topological polar surface area (TPSA) is 48.1 Å². The number of aryl methyl sites for hydroxylation is 1. The highest BCUT2D eigenvalue weighted by atomic mass is 35.5. The van der Waals surface area contributed by atoms with Gasteiger partial charge in [-0.15, -0.1) is 0 Å². The largest absolute Gasteiger partial charge is 0.451 e. The van der Waals surface area contributed by atoms with Crippen LogP contribution < -0.4 is 20.2 Å². The van der Waals surface area contributed by atoms with Gasteiger partial charge in [0.2, 0.25) is 0 Å². The summed E-state index contributed by atoms with van der Waals surface area (Å²) in [6.07, 6.45) is 0.996. The normalized spacial score (nSPS) is 15.4. The Kier molecular flexibility index (Phi) is 4.98. The van der Waals surface area contributed by atoms with Gasteiger partial charge in [0.1, 0.15) is 32.1 Å². The van der Waals surface area contributed by atoms with Gasteiger partial charge in [-0.2, -0.15) is 0 Å². The van der Waals surface area contributed by atoms with Crippen molar-refractivity contribution in [2.24, 2.45) is 9.98 Å². The Bertz CT molecular complexity index is 2320. The third-order valence-corrected chi connectivity index (χ3v) is 9.54. The first kappa shape index (κ1) is 24.3. The molecule has 7 heteroatoms. The number of para-hydroxylation sites is 1. The number of benzene rings is 5. The second-order valence-corrected chi connectivity index (χ2v) is 11.7. The molecule has 9 rings (SSSR count). The molecule has 2 aliphatic heterocycles. The molecule has 3 heterocycles. The van der Waals surface area contributed by atoms with E-state index in [2.05, 4.69) is 85.1 Å². The van der Waals surface area contributed by atoms with Crippen molar-refractivity contribution in [2.75, 3.05) is 0 Å². The van der Waals surface area contributed by atoms with Crippen molar-refractivity contribution in [3.63, 3.8) is 0 Å². The van der Waals surface area contributed by atoms with Crippen molar-refractivity contribution in [3.8, 4) is 34.1 Å². The lowest BCUT2D eigenvalue weighted by Crippen LogP contribution is -2.22. The maximum atomic E-state index is 7.01. The number of hydrogen-bond donors (Lipinski definition) is 0. The average Bonchev–Trinajstić information content (AvgIpc) is 3.50. The molecule has 0 fully saturated rings. The standard InChI is InChI=1S/C35H23Cl2N3O2/c1-3-17-18-9-5-6-10-19(18)21-13-24-28(15-22(17)21)41-34-30(36)33-35(31(37)32(34)38-24)42-29-16-27-23(14-25(29)39-33)20-11-7-8-12-26(20)40(27)4-2/h5-17H,3-4H2,1-2H3/t17-/m1/s1. The molecule has 0 saturated heterocycles. The smallest absolute Gasteiger partial charge is 0.175 e. The molecule has 0 N–H and O–H groups in total. The van der Waals surface area contributed by atoms with Gasteiger partial charge in [-0.3, -0.25) is 0 Å². The van der Waals surface area contributed by atoms with Crippen LogP contribution in [-0.4, -0.2) is 4.57 Å². The van der Waals surface area contributed by atoms with Crippen LogP contribution in [0.4, 0.5) is 11.4 Å². The number of rotatable bonds is 2. The van der Waals surface area contributed by atoms with Crippen LogP contribution in [0.15, 0.2) is 82.8 Å². The molecule has 0 radical (unpaired) electrons. The van der Waals surface area contributed by atoms with Gasteiger partial charge in [0.25, 0.3) is 0 Å². The summed E-state index contributed by atoms with van der Waals surface area (Å²) >= 11 is 14.0. The zero-order chi connectivity index (χ0) is 28.3. The Morgan fingerprint density at radius 3 is 2.10 bits per heavy atom. The monoisotopic (exact) mass is 587 g/mol. The second kappa shape index (κ2) is 8.60. The summed E-state index contributed by atoms with van der Waals surface area (Å²) in [6, 6.07) is 25.3. The van der Waals surface area contributed by atoms with E-state index in [1.54, 1.807) is 0 Å². The molecular weight excluding hydrogens is 565 g/mol. The van der Waals surface area contributed by atoms with Crippen LogP contribution in [0.5, 0.6) is 23.0 Å². The SMILES string of the molecule is CC[C@@H]1c2ccccc2-c2cc3c(cc21)Oc1c(Cl)c2c(c(Cl)c1=N3)Oc1cc3c(cc1N=2)c1ccccc1n3CC. The van der Waals surface area contributed by atoms with Gasteiger partial charge >= 0.3 is 0 Å². The molecule has 204 valence electrons.